The Morgan fingerprint density at radius 3 is 2.90 bits per heavy atom. The molecule has 1 unspecified atom stereocenters. The van der Waals surface area contributed by atoms with Gasteiger partial charge in [-0.25, -0.2) is 0 Å². The number of furan rings is 1. The van der Waals surface area contributed by atoms with Gasteiger partial charge in [0.05, 0.1) is 18.6 Å². The Balaban J connectivity index is 2.32. The standard InChI is InChI=1S/C16H27NO3S/c1-4-10-17-16(3,15(18)19-5-2)9-7-12-21-13-14-8-6-11-20-14/h6,8,11,17H,4-5,7,9-10,12-13H2,1-3H3. The summed E-state index contributed by atoms with van der Waals surface area (Å²) < 4.78 is 10.5. The van der Waals surface area contributed by atoms with E-state index in [9.17, 15) is 4.79 Å². The minimum Gasteiger partial charge on any atom is -0.468 e. The summed E-state index contributed by atoms with van der Waals surface area (Å²) in [6.45, 7) is 7.14. The number of thioether (sulfide) groups is 1. The molecular weight excluding hydrogens is 286 g/mol. The van der Waals surface area contributed by atoms with Gasteiger partial charge in [-0.1, -0.05) is 6.92 Å². The van der Waals surface area contributed by atoms with Gasteiger partial charge >= 0.3 is 5.97 Å². The van der Waals surface area contributed by atoms with Crippen LogP contribution in [0.4, 0.5) is 0 Å². The SMILES string of the molecule is CCCNC(C)(CCCSCc1ccco1)C(=O)OCC. The number of carbonyl (C=O) groups is 1. The van der Waals surface area contributed by atoms with Crippen LogP contribution < -0.4 is 5.32 Å². The highest BCUT2D eigenvalue weighted by Crippen LogP contribution is 2.19. The van der Waals surface area contributed by atoms with E-state index in [0.717, 1.165) is 43.1 Å². The zero-order valence-electron chi connectivity index (χ0n) is 13.3. The van der Waals surface area contributed by atoms with Gasteiger partial charge in [-0.15, -0.1) is 0 Å². The third-order valence-electron chi connectivity index (χ3n) is 3.28. The van der Waals surface area contributed by atoms with E-state index < -0.39 is 5.54 Å². The first kappa shape index (κ1) is 18.1. The maximum Gasteiger partial charge on any atom is 0.326 e. The van der Waals surface area contributed by atoms with Crippen molar-refractivity contribution in [1.29, 1.82) is 0 Å². The fraction of sp³-hybridized carbons (Fsp3) is 0.688. The van der Waals surface area contributed by atoms with Gasteiger partial charge in [-0.3, -0.25) is 4.79 Å². The molecule has 4 nitrogen and oxygen atoms in total. The molecule has 0 amide bonds. The van der Waals surface area contributed by atoms with Gasteiger partial charge in [0.1, 0.15) is 11.3 Å². The summed E-state index contributed by atoms with van der Waals surface area (Å²) in [6, 6.07) is 3.89. The summed E-state index contributed by atoms with van der Waals surface area (Å²) in [6.07, 6.45) is 4.46. The van der Waals surface area contributed by atoms with E-state index >= 15 is 0 Å². The Hall–Kier alpha value is -0.940. The zero-order chi connectivity index (χ0) is 15.6. The number of hydrogen-bond donors (Lipinski definition) is 1. The van der Waals surface area contributed by atoms with Crippen LogP contribution in [-0.4, -0.2) is 30.4 Å². The summed E-state index contributed by atoms with van der Waals surface area (Å²) >= 11 is 1.83. The lowest BCUT2D eigenvalue weighted by molar-refractivity contribution is -0.150. The van der Waals surface area contributed by atoms with Gasteiger partial charge in [-0.2, -0.15) is 11.8 Å². The highest BCUT2D eigenvalue weighted by atomic mass is 32.2. The summed E-state index contributed by atoms with van der Waals surface area (Å²) in [5, 5.41) is 3.33. The second-order valence-electron chi connectivity index (χ2n) is 5.21. The second kappa shape index (κ2) is 9.90. The topological polar surface area (TPSA) is 51.5 Å². The molecule has 1 N–H and O–H groups in total. The third kappa shape index (κ3) is 6.57. The quantitative estimate of drug-likeness (QED) is 0.499. The molecule has 0 saturated heterocycles. The average Bonchev–Trinajstić information content (AvgIpc) is 2.98. The first-order valence-electron chi connectivity index (χ1n) is 7.64. The van der Waals surface area contributed by atoms with Crippen LogP contribution >= 0.6 is 11.8 Å². The van der Waals surface area contributed by atoms with Gasteiger partial charge in [0.25, 0.3) is 0 Å². The number of carbonyl (C=O) groups excluding carboxylic acids is 1. The molecule has 0 radical (unpaired) electrons. The average molecular weight is 313 g/mol. The third-order valence-corrected chi connectivity index (χ3v) is 4.35. The Kier molecular flexibility index (Phi) is 8.54. The lowest BCUT2D eigenvalue weighted by atomic mass is 9.96. The van der Waals surface area contributed by atoms with Crippen LogP contribution in [0.25, 0.3) is 0 Å². The number of esters is 1. The molecule has 1 rings (SSSR count). The van der Waals surface area contributed by atoms with Gasteiger partial charge in [-0.05, 0) is 57.5 Å². The van der Waals surface area contributed by atoms with Gasteiger partial charge in [0.15, 0.2) is 0 Å². The largest absolute Gasteiger partial charge is 0.468 e. The van der Waals surface area contributed by atoms with Crippen molar-refractivity contribution in [3.63, 3.8) is 0 Å². The van der Waals surface area contributed by atoms with E-state index in [0.29, 0.717) is 6.61 Å². The van der Waals surface area contributed by atoms with Gasteiger partial charge < -0.3 is 14.5 Å². The van der Waals surface area contributed by atoms with Crippen molar-refractivity contribution in [1.82, 2.24) is 5.32 Å². The Bertz CT molecular complexity index is 394. The first-order chi connectivity index (χ1) is 10.1. The van der Waals surface area contributed by atoms with E-state index in [-0.39, 0.29) is 5.97 Å². The lowest BCUT2D eigenvalue weighted by Gasteiger charge is -2.28. The molecule has 1 atom stereocenters. The maximum atomic E-state index is 12.1. The van der Waals surface area contributed by atoms with E-state index in [1.807, 2.05) is 37.7 Å². The monoisotopic (exact) mass is 313 g/mol. The van der Waals surface area contributed by atoms with Gasteiger partial charge in [0.2, 0.25) is 0 Å². The molecule has 0 spiro atoms. The minimum absolute atomic E-state index is 0.144. The van der Waals surface area contributed by atoms with Crippen molar-refractivity contribution >= 4 is 17.7 Å². The molecular formula is C16H27NO3S. The van der Waals surface area contributed by atoms with Crippen LogP contribution in [-0.2, 0) is 15.3 Å². The predicted molar refractivity (Wildman–Crippen MR) is 87.4 cm³/mol. The van der Waals surface area contributed by atoms with Crippen LogP contribution in [0, 0.1) is 0 Å². The summed E-state index contributed by atoms with van der Waals surface area (Å²) in [5.41, 5.74) is -0.572. The Morgan fingerprint density at radius 2 is 2.29 bits per heavy atom. The number of ether oxygens (including phenoxy) is 1. The smallest absolute Gasteiger partial charge is 0.326 e. The molecule has 0 aliphatic heterocycles. The van der Waals surface area contributed by atoms with Crippen molar-refractivity contribution in [3.05, 3.63) is 24.2 Å². The second-order valence-corrected chi connectivity index (χ2v) is 6.32. The van der Waals surface area contributed by atoms with Crippen molar-refractivity contribution < 1.29 is 13.9 Å². The Labute approximate surface area is 132 Å². The molecule has 0 aliphatic rings. The zero-order valence-corrected chi connectivity index (χ0v) is 14.1. The lowest BCUT2D eigenvalue weighted by Crippen LogP contribution is -2.50. The molecule has 1 aromatic rings. The molecule has 0 fully saturated rings. The molecule has 0 aromatic carbocycles. The fourth-order valence-electron chi connectivity index (χ4n) is 2.05. The van der Waals surface area contributed by atoms with Crippen LogP contribution in [0.3, 0.4) is 0 Å². The van der Waals surface area contributed by atoms with Crippen LogP contribution in [0.2, 0.25) is 0 Å². The summed E-state index contributed by atoms with van der Waals surface area (Å²) in [5.74, 6) is 2.74. The number of hydrogen-bond acceptors (Lipinski definition) is 5. The number of nitrogens with one attached hydrogen (secondary N) is 1. The van der Waals surface area contributed by atoms with E-state index in [2.05, 4.69) is 12.2 Å². The van der Waals surface area contributed by atoms with Crippen molar-refractivity contribution in [2.24, 2.45) is 0 Å². The first-order valence-corrected chi connectivity index (χ1v) is 8.80. The van der Waals surface area contributed by atoms with Crippen LogP contribution in [0.1, 0.15) is 45.8 Å². The normalized spacial score (nSPS) is 13.9. The molecule has 21 heavy (non-hydrogen) atoms. The molecule has 1 heterocycles. The van der Waals surface area contributed by atoms with Crippen molar-refractivity contribution in [2.45, 2.75) is 51.3 Å². The number of rotatable bonds is 11. The van der Waals surface area contributed by atoms with Crippen molar-refractivity contribution in [3.8, 4) is 0 Å². The van der Waals surface area contributed by atoms with Crippen LogP contribution in [0.15, 0.2) is 22.8 Å². The predicted octanol–water partition coefficient (Wildman–Crippen LogP) is 3.61. The molecule has 120 valence electrons. The van der Waals surface area contributed by atoms with E-state index in [4.69, 9.17) is 9.15 Å². The van der Waals surface area contributed by atoms with E-state index in [1.165, 1.54) is 0 Å². The van der Waals surface area contributed by atoms with Gasteiger partial charge in [0, 0.05) is 0 Å². The summed E-state index contributed by atoms with van der Waals surface area (Å²) in [4.78, 5) is 12.1. The highest BCUT2D eigenvalue weighted by Gasteiger charge is 2.33. The molecule has 0 aliphatic carbocycles. The summed E-state index contributed by atoms with van der Waals surface area (Å²) in [7, 11) is 0. The Morgan fingerprint density at radius 1 is 1.48 bits per heavy atom. The fourth-order valence-corrected chi connectivity index (χ4v) is 2.91. The molecule has 0 bridgehead atoms. The van der Waals surface area contributed by atoms with Crippen LogP contribution in [0.5, 0.6) is 0 Å². The molecule has 0 saturated carbocycles. The maximum absolute atomic E-state index is 12.1. The molecule has 1 aromatic heterocycles. The highest BCUT2D eigenvalue weighted by molar-refractivity contribution is 7.98. The molecule has 5 heteroatoms. The van der Waals surface area contributed by atoms with E-state index in [1.54, 1.807) is 6.26 Å². The van der Waals surface area contributed by atoms with Crippen molar-refractivity contribution in [2.75, 3.05) is 18.9 Å². The minimum atomic E-state index is -0.572.